The van der Waals surface area contributed by atoms with Gasteiger partial charge in [-0.3, -0.25) is 4.79 Å². The fraction of sp³-hybridized carbons (Fsp3) is 0.947. The van der Waals surface area contributed by atoms with Crippen molar-refractivity contribution < 1.29 is 14.6 Å². The van der Waals surface area contributed by atoms with Gasteiger partial charge < -0.3 is 19.6 Å². The average Bonchev–Trinajstić information content (AvgIpc) is 2.61. The van der Waals surface area contributed by atoms with Gasteiger partial charge in [0.2, 0.25) is 0 Å². The Hall–Kier alpha value is -0.650. The van der Waals surface area contributed by atoms with Crippen LogP contribution >= 0.6 is 0 Å². The lowest BCUT2D eigenvalue weighted by molar-refractivity contribution is -0.146. The van der Waals surface area contributed by atoms with Crippen molar-refractivity contribution in [1.29, 1.82) is 0 Å². The summed E-state index contributed by atoms with van der Waals surface area (Å²) >= 11 is 0. The number of hydrogen-bond donors (Lipinski definition) is 1. The van der Waals surface area contributed by atoms with Crippen molar-refractivity contribution in [3.8, 4) is 0 Å². The van der Waals surface area contributed by atoms with E-state index in [1.807, 2.05) is 0 Å². The molecule has 0 aromatic rings. The van der Waals surface area contributed by atoms with Gasteiger partial charge in [0.25, 0.3) is 0 Å². The summed E-state index contributed by atoms with van der Waals surface area (Å²) in [4.78, 5) is 15.8. The highest BCUT2D eigenvalue weighted by Crippen LogP contribution is 2.27. The van der Waals surface area contributed by atoms with Crippen LogP contribution in [0.15, 0.2) is 0 Å². The Morgan fingerprint density at radius 1 is 0.875 bits per heavy atom. The summed E-state index contributed by atoms with van der Waals surface area (Å²) in [5, 5.41) is 8.90. The van der Waals surface area contributed by atoms with E-state index in [1.54, 1.807) is 0 Å². The second-order valence-corrected chi connectivity index (χ2v) is 7.81. The summed E-state index contributed by atoms with van der Waals surface area (Å²) in [6.07, 6.45) is 9.14. The molecule has 0 heterocycles. The maximum atomic E-state index is 11.2. The van der Waals surface area contributed by atoms with E-state index in [-0.39, 0.29) is 11.9 Å². The molecule has 0 radical (unpaired) electrons. The summed E-state index contributed by atoms with van der Waals surface area (Å²) in [5.74, 6) is 0.713. The maximum absolute atomic E-state index is 11.2. The molecule has 2 rings (SSSR count). The Labute approximate surface area is 148 Å². The van der Waals surface area contributed by atoms with E-state index in [4.69, 9.17) is 9.84 Å². The summed E-state index contributed by atoms with van der Waals surface area (Å²) in [5.41, 5.74) is 0. The highest BCUT2D eigenvalue weighted by molar-refractivity contribution is 5.72. The number of rotatable bonds is 4. The van der Waals surface area contributed by atoms with Crippen LogP contribution in [-0.2, 0) is 9.53 Å². The number of aliphatic hydroxyl groups excluding tert-OH is 1. The zero-order chi connectivity index (χ0) is 18.1. The quantitative estimate of drug-likeness (QED) is 0.795. The molecule has 0 amide bonds. The first-order valence-electron chi connectivity index (χ1n) is 9.40. The summed E-state index contributed by atoms with van der Waals surface area (Å²) in [6, 6.07) is 1.42. The van der Waals surface area contributed by atoms with Crippen molar-refractivity contribution in [2.75, 3.05) is 41.9 Å². The minimum absolute atomic E-state index is 0.0304. The number of carbonyl (C=O) groups excluding carboxylic acids is 1. The average molecular weight is 343 g/mol. The predicted octanol–water partition coefficient (Wildman–Crippen LogP) is 2.38. The van der Waals surface area contributed by atoms with Gasteiger partial charge in [-0.25, -0.2) is 0 Å². The van der Waals surface area contributed by atoms with Crippen LogP contribution < -0.4 is 0 Å². The minimum atomic E-state index is -0.0304. The van der Waals surface area contributed by atoms with Crippen LogP contribution in [0.3, 0.4) is 0 Å². The Bertz CT molecular complexity index is 345. The molecule has 142 valence electrons. The van der Waals surface area contributed by atoms with Crippen molar-refractivity contribution in [3.05, 3.63) is 0 Å². The van der Waals surface area contributed by atoms with Gasteiger partial charge in [0.15, 0.2) is 0 Å². The molecule has 1 N–H and O–H groups in total. The summed E-state index contributed by atoms with van der Waals surface area (Å²) < 4.78 is 4.73. The molecule has 2 fully saturated rings. The van der Waals surface area contributed by atoms with Crippen molar-refractivity contribution >= 4 is 5.97 Å². The molecule has 24 heavy (non-hydrogen) atoms. The van der Waals surface area contributed by atoms with E-state index in [0.29, 0.717) is 18.6 Å². The van der Waals surface area contributed by atoms with Crippen molar-refractivity contribution in [2.24, 2.45) is 11.8 Å². The van der Waals surface area contributed by atoms with Crippen molar-refractivity contribution in [2.45, 2.75) is 63.5 Å². The van der Waals surface area contributed by atoms with Crippen LogP contribution in [0.4, 0.5) is 0 Å². The molecule has 5 nitrogen and oxygen atoms in total. The zero-order valence-electron chi connectivity index (χ0n) is 16.3. The Balaban J connectivity index is 0.000000243. The number of hydrogen-bond acceptors (Lipinski definition) is 5. The third-order valence-corrected chi connectivity index (χ3v) is 5.77. The van der Waals surface area contributed by atoms with Gasteiger partial charge >= 0.3 is 5.97 Å². The number of nitrogens with zero attached hydrogens (tertiary/aromatic N) is 2. The van der Waals surface area contributed by atoms with Gasteiger partial charge in [-0.2, -0.15) is 0 Å². The SMILES string of the molecule is CN(C)C1CCC(CO)CC1.COC(=O)C1CCC(N(C)C)CC1. The van der Waals surface area contributed by atoms with E-state index in [1.165, 1.54) is 32.8 Å². The monoisotopic (exact) mass is 342 g/mol. The Kier molecular flexibility index (Phi) is 9.86. The smallest absolute Gasteiger partial charge is 0.308 e. The minimum Gasteiger partial charge on any atom is -0.469 e. The van der Waals surface area contributed by atoms with Gasteiger partial charge in [0.05, 0.1) is 13.0 Å². The van der Waals surface area contributed by atoms with E-state index in [9.17, 15) is 4.79 Å². The molecular formula is C19H38N2O3. The van der Waals surface area contributed by atoms with Gasteiger partial charge in [-0.15, -0.1) is 0 Å². The molecule has 0 spiro atoms. The van der Waals surface area contributed by atoms with Crippen LogP contribution in [-0.4, -0.2) is 74.9 Å². The van der Waals surface area contributed by atoms with Gasteiger partial charge in [0.1, 0.15) is 0 Å². The Morgan fingerprint density at radius 2 is 1.29 bits per heavy atom. The molecule has 0 aliphatic heterocycles. The first kappa shape index (κ1) is 21.4. The lowest BCUT2D eigenvalue weighted by Crippen LogP contribution is -2.34. The number of ether oxygens (including phenoxy) is 1. The first-order valence-corrected chi connectivity index (χ1v) is 9.40. The molecule has 0 saturated heterocycles. The lowest BCUT2D eigenvalue weighted by atomic mass is 9.86. The van der Waals surface area contributed by atoms with Crippen LogP contribution in [0.2, 0.25) is 0 Å². The molecule has 2 aliphatic carbocycles. The molecule has 5 heteroatoms. The molecule has 2 aliphatic rings. The van der Waals surface area contributed by atoms with Crippen LogP contribution in [0, 0.1) is 11.8 Å². The van der Waals surface area contributed by atoms with Gasteiger partial charge in [-0.05, 0) is 85.5 Å². The topological polar surface area (TPSA) is 53.0 Å². The standard InChI is InChI=1S/C10H19NO2.C9H19NO/c1-11(2)9-6-4-8(5-7-9)10(12)13-3;1-10(2)9-5-3-8(7-11)4-6-9/h8-9H,4-7H2,1-3H3;8-9,11H,3-7H2,1-2H3. The van der Waals surface area contributed by atoms with Crippen LogP contribution in [0.5, 0.6) is 0 Å². The fourth-order valence-electron chi connectivity index (χ4n) is 3.84. The molecule has 0 unspecified atom stereocenters. The van der Waals surface area contributed by atoms with E-state index >= 15 is 0 Å². The number of carbonyl (C=O) groups is 1. The van der Waals surface area contributed by atoms with Gasteiger partial charge in [0, 0.05) is 18.7 Å². The number of aliphatic hydroxyl groups is 1. The number of methoxy groups -OCH3 is 1. The molecule has 0 bridgehead atoms. The number of esters is 1. The highest BCUT2D eigenvalue weighted by atomic mass is 16.5. The lowest BCUT2D eigenvalue weighted by Gasteiger charge is -2.31. The third-order valence-electron chi connectivity index (χ3n) is 5.77. The molecular weight excluding hydrogens is 304 g/mol. The molecule has 0 atom stereocenters. The normalized spacial score (nSPS) is 30.7. The Morgan fingerprint density at radius 3 is 1.62 bits per heavy atom. The van der Waals surface area contributed by atoms with Gasteiger partial charge in [-0.1, -0.05) is 0 Å². The zero-order valence-corrected chi connectivity index (χ0v) is 16.3. The fourth-order valence-corrected chi connectivity index (χ4v) is 3.84. The second kappa shape index (κ2) is 11.1. The van der Waals surface area contributed by atoms with Crippen LogP contribution in [0.1, 0.15) is 51.4 Å². The summed E-state index contributed by atoms with van der Waals surface area (Å²) in [6.45, 7) is 0.389. The van der Waals surface area contributed by atoms with Crippen LogP contribution in [0.25, 0.3) is 0 Å². The third kappa shape index (κ3) is 7.08. The van der Waals surface area contributed by atoms with Crippen molar-refractivity contribution in [3.63, 3.8) is 0 Å². The maximum Gasteiger partial charge on any atom is 0.308 e. The molecule has 0 aromatic carbocycles. The first-order chi connectivity index (χ1) is 11.4. The van der Waals surface area contributed by atoms with E-state index in [2.05, 4.69) is 38.0 Å². The highest BCUT2D eigenvalue weighted by Gasteiger charge is 2.27. The van der Waals surface area contributed by atoms with Crippen molar-refractivity contribution in [1.82, 2.24) is 9.80 Å². The molecule has 2 saturated carbocycles. The largest absolute Gasteiger partial charge is 0.469 e. The van der Waals surface area contributed by atoms with E-state index < -0.39 is 0 Å². The predicted molar refractivity (Wildman–Crippen MR) is 98.0 cm³/mol. The summed E-state index contributed by atoms with van der Waals surface area (Å²) in [7, 11) is 9.96. The molecule has 0 aromatic heterocycles. The van der Waals surface area contributed by atoms with E-state index in [0.717, 1.165) is 31.7 Å². The second-order valence-electron chi connectivity index (χ2n) is 7.81.